The molecule has 0 bridgehead atoms. The summed E-state index contributed by atoms with van der Waals surface area (Å²) in [6, 6.07) is 2.08. The van der Waals surface area contributed by atoms with E-state index in [-0.39, 0.29) is 12.6 Å². The number of nitrogens with one attached hydrogen (secondary N) is 1. The molecule has 2 aliphatic rings. The minimum atomic E-state index is -0.609. The van der Waals surface area contributed by atoms with Gasteiger partial charge in [-0.3, -0.25) is 0 Å². The number of aliphatic hydroxyl groups excluding tert-OH is 1. The summed E-state index contributed by atoms with van der Waals surface area (Å²) in [5.41, 5.74) is -0.609. The van der Waals surface area contributed by atoms with E-state index < -0.39 is 5.60 Å². The molecule has 0 amide bonds. The second kappa shape index (κ2) is 7.45. The fourth-order valence-corrected chi connectivity index (χ4v) is 3.73. The average molecular weight is 320 g/mol. The zero-order chi connectivity index (χ0) is 16.1. The van der Waals surface area contributed by atoms with Crippen LogP contribution in [0.25, 0.3) is 0 Å². The molecule has 0 aromatic carbocycles. The number of anilines is 2. The second-order valence-electron chi connectivity index (χ2n) is 6.93. The zero-order valence-corrected chi connectivity index (χ0v) is 13.7. The van der Waals surface area contributed by atoms with Crippen molar-refractivity contribution in [1.29, 1.82) is 0 Å². The lowest BCUT2D eigenvalue weighted by atomic mass is 9.85. The largest absolute Gasteiger partial charge is 0.394 e. The third-order valence-electron chi connectivity index (χ3n) is 5.17. The monoisotopic (exact) mass is 320 g/mol. The highest BCUT2D eigenvalue weighted by Gasteiger charge is 2.29. The van der Waals surface area contributed by atoms with Crippen molar-refractivity contribution in [1.82, 2.24) is 9.97 Å². The number of nitrogens with zero attached hydrogens (tertiary/aromatic N) is 3. The van der Waals surface area contributed by atoms with E-state index in [1.165, 1.54) is 6.42 Å². The molecule has 1 aliphatic carbocycles. The summed E-state index contributed by atoms with van der Waals surface area (Å²) in [6.07, 6.45) is 9.98. The maximum Gasteiger partial charge on any atom is 0.134 e. The average Bonchev–Trinajstić information content (AvgIpc) is 2.61. The zero-order valence-electron chi connectivity index (χ0n) is 13.7. The molecule has 6 heteroatoms. The van der Waals surface area contributed by atoms with Crippen molar-refractivity contribution < 1.29 is 10.2 Å². The molecule has 1 aliphatic heterocycles. The van der Waals surface area contributed by atoms with E-state index in [9.17, 15) is 10.2 Å². The van der Waals surface area contributed by atoms with Gasteiger partial charge in [0, 0.05) is 19.2 Å². The summed E-state index contributed by atoms with van der Waals surface area (Å²) >= 11 is 0. The minimum Gasteiger partial charge on any atom is -0.394 e. The molecule has 0 radical (unpaired) electrons. The lowest BCUT2D eigenvalue weighted by Crippen LogP contribution is -2.42. The number of hydrogen-bond acceptors (Lipinski definition) is 6. The maximum absolute atomic E-state index is 10.6. The van der Waals surface area contributed by atoms with Gasteiger partial charge < -0.3 is 20.4 Å². The van der Waals surface area contributed by atoms with Gasteiger partial charge in [-0.25, -0.2) is 9.97 Å². The highest BCUT2D eigenvalue weighted by molar-refractivity contribution is 5.49. The lowest BCUT2D eigenvalue weighted by molar-refractivity contribution is 0.0166. The van der Waals surface area contributed by atoms with Crippen molar-refractivity contribution in [3.05, 3.63) is 12.4 Å². The van der Waals surface area contributed by atoms with Gasteiger partial charge in [0.05, 0.1) is 18.2 Å². The first-order valence-electron chi connectivity index (χ1n) is 8.86. The summed E-state index contributed by atoms with van der Waals surface area (Å²) < 4.78 is 0. The highest BCUT2D eigenvalue weighted by Crippen LogP contribution is 2.29. The van der Waals surface area contributed by atoms with Crippen LogP contribution in [0.2, 0.25) is 0 Å². The Kier molecular flexibility index (Phi) is 5.33. The summed E-state index contributed by atoms with van der Waals surface area (Å²) in [6.45, 7) is 1.62. The first kappa shape index (κ1) is 16.5. The Morgan fingerprint density at radius 1 is 1.17 bits per heavy atom. The molecule has 2 fully saturated rings. The SMILES string of the molecule is OCC1CCCCN1c1cc(NCC2(O)CCCCC2)ncn1. The van der Waals surface area contributed by atoms with E-state index in [0.717, 1.165) is 63.1 Å². The van der Waals surface area contributed by atoms with E-state index in [4.69, 9.17) is 0 Å². The van der Waals surface area contributed by atoms with Gasteiger partial charge in [0.25, 0.3) is 0 Å². The van der Waals surface area contributed by atoms with Gasteiger partial charge in [0.2, 0.25) is 0 Å². The smallest absolute Gasteiger partial charge is 0.134 e. The van der Waals surface area contributed by atoms with E-state index in [1.807, 2.05) is 6.07 Å². The Morgan fingerprint density at radius 3 is 2.78 bits per heavy atom. The molecule has 23 heavy (non-hydrogen) atoms. The van der Waals surface area contributed by atoms with E-state index in [1.54, 1.807) is 6.33 Å². The second-order valence-corrected chi connectivity index (χ2v) is 6.93. The summed E-state index contributed by atoms with van der Waals surface area (Å²) in [5, 5.41) is 23.4. The normalized spacial score (nSPS) is 24.4. The third-order valence-corrected chi connectivity index (χ3v) is 5.17. The van der Waals surface area contributed by atoms with E-state index in [2.05, 4.69) is 20.2 Å². The predicted molar refractivity (Wildman–Crippen MR) is 90.6 cm³/mol. The topological polar surface area (TPSA) is 81.5 Å². The van der Waals surface area contributed by atoms with Gasteiger partial charge in [-0.1, -0.05) is 19.3 Å². The van der Waals surface area contributed by atoms with Gasteiger partial charge in [-0.15, -0.1) is 0 Å². The number of rotatable bonds is 5. The number of hydrogen-bond donors (Lipinski definition) is 3. The summed E-state index contributed by atoms with van der Waals surface area (Å²) in [4.78, 5) is 10.8. The molecule has 1 unspecified atom stereocenters. The van der Waals surface area contributed by atoms with Crippen LogP contribution in [0.4, 0.5) is 11.6 Å². The Hall–Kier alpha value is -1.40. The van der Waals surface area contributed by atoms with E-state index >= 15 is 0 Å². The standard InChI is InChI=1S/C17H28N4O2/c22-11-14-6-2-5-9-21(14)16-10-15(19-13-20-16)18-12-17(23)7-3-1-4-8-17/h10,13-14,22-23H,1-9,11-12H2,(H,18,19,20). The van der Waals surface area contributed by atoms with Crippen LogP contribution in [0, 0.1) is 0 Å². The molecule has 6 nitrogen and oxygen atoms in total. The van der Waals surface area contributed by atoms with Gasteiger partial charge in [0.15, 0.2) is 0 Å². The molecule has 1 aromatic heterocycles. The van der Waals surface area contributed by atoms with Crippen molar-refractivity contribution in [3.8, 4) is 0 Å². The molecule has 1 saturated carbocycles. The first-order valence-corrected chi connectivity index (χ1v) is 8.86. The van der Waals surface area contributed by atoms with Gasteiger partial charge in [-0.05, 0) is 32.1 Å². The minimum absolute atomic E-state index is 0.147. The van der Waals surface area contributed by atoms with Gasteiger partial charge >= 0.3 is 0 Å². The molecule has 1 aromatic rings. The Bertz CT molecular complexity index is 505. The van der Waals surface area contributed by atoms with Gasteiger partial charge in [0.1, 0.15) is 18.0 Å². The molecule has 1 saturated heterocycles. The molecule has 0 spiro atoms. The van der Waals surface area contributed by atoms with Crippen LogP contribution < -0.4 is 10.2 Å². The van der Waals surface area contributed by atoms with Crippen molar-refractivity contribution >= 4 is 11.6 Å². The number of piperidine rings is 1. The molecule has 128 valence electrons. The quantitative estimate of drug-likeness (QED) is 0.769. The van der Waals surface area contributed by atoms with Crippen molar-refractivity contribution in [2.24, 2.45) is 0 Å². The molecular formula is C17H28N4O2. The van der Waals surface area contributed by atoms with Crippen molar-refractivity contribution in [3.63, 3.8) is 0 Å². The lowest BCUT2D eigenvalue weighted by Gasteiger charge is -2.35. The highest BCUT2D eigenvalue weighted by atomic mass is 16.3. The van der Waals surface area contributed by atoms with Crippen LogP contribution in [0.1, 0.15) is 51.4 Å². The van der Waals surface area contributed by atoms with Crippen LogP contribution in [-0.2, 0) is 0 Å². The third kappa shape index (κ3) is 4.12. The van der Waals surface area contributed by atoms with Crippen molar-refractivity contribution in [2.45, 2.75) is 63.0 Å². The number of aliphatic hydroxyl groups is 2. The van der Waals surface area contributed by atoms with Crippen molar-refractivity contribution in [2.75, 3.05) is 29.9 Å². The molecule has 1 atom stereocenters. The van der Waals surface area contributed by atoms with Crippen LogP contribution >= 0.6 is 0 Å². The predicted octanol–water partition coefficient (Wildman–Crippen LogP) is 1.93. The molecule has 3 N–H and O–H groups in total. The molecular weight excluding hydrogens is 292 g/mol. The van der Waals surface area contributed by atoms with E-state index in [0.29, 0.717) is 6.54 Å². The molecule has 3 rings (SSSR count). The first-order chi connectivity index (χ1) is 11.2. The summed E-state index contributed by atoms with van der Waals surface area (Å²) in [7, 11) is 0. The molecule has 2 heterocycles. The fourth-order valence-electron chi connectivity index (χ4n) is 3.73. The van der Waals surface area contributed by atoms with Crippen LogP contribution in [0.5, 0.6) is 0 Å². The number of aromatic nitrogens is 2. The maximum atomic E-state index is 10.6. The van der Waals surface area contributed by atoms with Gasteiger partial charge in [-0.2, -0.15) is 0 Å². The Morgan fingerprint density at radius 2 is 2.00 bits per heavy atom. The van der Waals surface area contributed by atoms with Crippen LogP contribution in [0.15, 0.2) is 12.4 Å². The van der Waals surface area contributed by atoms with Crippen LogP contribution in [-0.4, -0.2) is 51.5 Å². The Balaban J connectivity index is 1.65. The van der Waals surface area contributed by atoms with Crippen LogP contribution in [0.3, 0.4) is 0 Å². The Labute approximate surface area is 138 Å². The fraction of sp³-hybridized carbons (Fsp3) is 0.765. The summed E-state index contributed by atoms with van der Waals surface area (Å²) in [5.74, 6) is 1.60.